The Morgan fingerprint density at radius 3 is 2.64 bits per heavy atom. The zero-order valence-electron chi connectivity index (χ0n) is 12.5. The van der Waals surface area contributed by atoms with Crippen molar-refractivity contribution in [1.29, 1.82) is 0 Å². The lowest BCUT2D eigenvalue weighted by Crippen LogP contribution is -2.13. The lowest BCUT2D eigenvalue weighted by atomic mass is 10.1. The van der Waals surface area contributed by atoms with Crippen LogP contribution in [0.2, 0.25) is 5.02 Å². The number of halogens is 1. The zero-order chi connectivity index (χ0) is 16.1. The highest BCUT2D eigenvalue weighted by molar-refractivity contribution is 7.99. The first-order valence-electron chi connectivity index (χ1n) is 6.96. The lowest BCUT2D eigenvalue weighted by molar-refractivity contribution is 0.102. The van der Waals surface area contributed by atoms with Gasteiger partial charge in [0.1, 0.15) is 0 Å². The summed E-state index contributed by atoms with van der Waals surface area (Å²) in [6.45, 7) is 4.16. The fourth-order valence-electron chi connectivity index (χ4n) is 1.88. The number of rotatable bonds is 7. The van der Waals surface area contributed by atoms with Crippen molar-refractivity contribution in [2.45, 2.75) is 31.5 Å². The van der Waals surface area contributed by atoms with Gasteiger partial charge in [-0.15, -0.1) is 10.2 Å². The molecule has 5 nitrogen and oxygen atoms in total. The Morgan fingerprint density at radius 1 is 1.32 bits per heavy atom. The summed E-state index contributed by atoms with van der Waals surface area (Å²) >= 11 is 7.00. The number of ketones is 1. The first-order chi connectivity index (χ1) is 10.5. The largest absolute Gasteiger partial charge is 0.414 e. The summed E-state index contributed by atoms with van der Waals surface area (Å²) in [4.78, 5) is 12.0. The van der Waals surface area contributed by atoms with Gasteiger partial charge in [0.2, 0.25) is 5.89 Å². The van der Waals surface area contributed by atoms with Crippen LogP contribution in [0.5, 0.6) is 0 Å². The Bertz CT molecular complexity index is 628. The van der Waals surface area contributed by atoms with Crippen molar-refractivity contribution in [3.63, 3.8) is 0 Å². The predicted molar refractivity (Wildman–Crippen MR) is 87.2 cm³/mol. The van der Waals surface area contributed by atoms with E-state index in [1.807, 2.05) is 0 Å². The van der Waals surface area contributed by atoms with Gasteiger partial charge in [-0.1, -0.05) is 37.2 Å². The van der Waals surface area contributed by atoms with Crippen molar-refractivity contribution < 1.29 is 9.21 Å². The van der Waals surface area contributed by atoms with Gasteiger partial charge in [0, 0.05) is 10.6 Å². The first kappa shape index (κ1) is 17.0. The normalized spacial score (nSPS) is 12.6. The number of benzene rings is 1. The second kappa shape index (κ2) is 7.76. The van der Waals surface area contributed by atoms with Crippen LogP contribution in [0, 0.1) is 5.92 Å². The summed E-state index contributed by atoms with van der Waals surface area (Å²) in [6, 6.07) is 6.50. The number of hydrogen-bond donors (Lipinski definition) is 1. The lowest BCUT2D eigenvalue weighted by Gasteiger charge is -2.08. The van der Waals surface area contributed by atoms with Crippen LogP contribution in [0.15, 0.2) is 33.9 Å². The molecule has 22 heavy (non-hydrogen) atoms. The highest BCUT2D eigenvalue weighted by Gasteiger charge is 2.17. The van der Waals surface area contributed by atoms with E-state index in [1.165, 1.54) is 11.8 Å². The van der Waals surface area contributed by atoms with Crippen LogP contribution >= 0.6 is 23.4 Å². The monoisotopic (exact) mass is 339 g/mol. The number of carbonyl (C=O) groups is 1. The number of nitrogens with two attached hydrogens (primary N) is 1. The molecule has 0 bridgehead atoms. The van der Waals surface area contributed by atoms with Gasteiger partial charge in [-0.2, -0.15) is 0 Å². The zero-order valence-corrected chi connectivity index (χ0v) is 14.0. The Balaban J connectivity index is 1.90. The number of carbonyl (C=O) groups excluding carboxylic acids is 1. The van der Waals surface area contributed by atoms with Crippen molar-refractivity contribution in [3.05, 3.63) is 40.7 Å². The van der Waals surface area contributed by atoms with E-state index in [0.717, 1.165) is 6.42 Å². The SMILES string of the molecule is CC(C)C[C@@H](N)c1nnc(SCC(=O)c2ccc(Cl)cc2)o1. The fourth-order valence-corrected chi connectivity index (χ4v) is 2.67. The summed E-state index contributed by atoms with van der Waals surface area (Å²) in [6.07, 6.45) is 0.774. The minimum Gasteiger partial charge on any atom is -0.414 e. The second-order valence-electron chi connectivity index (χ2n) is 5.36. The number of aromatic nitrogens is 2. The van der Waals surface area contributed by atoms with E-state index in [-0.39, 0.29) is 17.6 Å². The van der Waals surface area contributed by atoms with Crippen LogP contribution in [-0.4, -0.2) is 21.7 Å². The molecule has 0 saturated heterocycles. The molecule has 2 N–H and O–H groups in total. The maximum atomic E-state index is 12.0. The molecule has 1 atom stereocenters. The standard InChI is InChI=1S/C15H18ClN3O2S/c1-9(2)7-12(17)14-18-19-15(21-14)22-8-13(20)10-3-5-11(16)6-4-10/h3-6,9,12H,7-8,17H2,1-2H3/t12-/m1/s1. The van der Waals surface area contributed by atoms with E-state index < -0.39 is 0 Å². The van der Waals surface area contributed by atoms with Crippen LogP contribution in [-0.2, 0) is 0 Å². The van der Waals surface area contributed by atoms with E-state index in [2.05, 4.69) is 24.0 Å². The third kappa shape index (κ3) is 4.83. The Labute approximate surface area is 138 Å². The fraction of sp³-hybridized carbons (Fsp3) is 0.400. The predicted octanol–water partition coefficient (Wildman–Crippen LogP) is 3.74. The van der Waals surface area contributed by atoms with E-state index >= 15 is 0 Å². The molecular weight excluding hydrogens is 322 g/mol. The van der Waals surface area contributed by atoms with Gasteiger partial charge in [-0.3, -0.25) is 4.79 Å². The van der Waals surface area contributed by atoms with Crippen LogP contribution in [0.3, 0.4) is 0 Å². The van der Waals surface area contributed by atoms with Crippen molar-refractivity contribution in [3.8, 4) is 0 Å². The molecule has 0 aliphatic heterocycles. The van der Waals surface area contributed by atoms with Crippen LogP contribution < -0.4 is 5.73 Å². The van der Waals surface area contributed by atoms with Crippen molar-refractivity contribution in [2.75, 3.05) is 5.75 Å². The smallest absolute Gasteiger partial charge is 0.277 e. The second-order valence-corrected chi connectivity index (χ2v) is 6.72. The number of nitrogens with zero attached hydrogens (tertiary/aromatic N) is 2. The molecule has 1 heterocycles. The molecule has 0 saturated carbocycles. The molecule has 0 spiro atoms. The summed E-state index contributed by atoms with van der Waals surface area (Å²) in [7, 11) is 0. The molecular formula is C15H18ClN3O2S. The Morgan fingerprint density at radius 2 is 2.00 bits per heavy atom. The quantitative estimate of drug-likeness (QED) is 0.611. The molecule has 0 amide bonds. The summed E-state index contributed by atoms with van der Waals surface area (Å²) < 4.78 is 5.49. The average Bonchev–Trinajstić information content (AvgIpc) is 2.94. The first-order valence-corrected chi connectivity index (χ1v) is 8.32. The maximum Gasteiger partial charge on any atom is 0.277 e. The molecule has 1 aromatic heterocycles. The third-order valence-electron chi connectivity index (χ3n) is 2.96. The molecule has 0 unspecified atom stereocenters. The molecule has 2 aromatic rings. The molecule has 0 aliphatic rings. The Kier molecular flexibility index (Phi) is 5.99. The highest BCUT2D eigenvalue weighted by atomic mass is 35.5. The number of Topliss-reactive ketones (excluding diaryl/α,β-unsaturated/α-hetero) is 1. The third-order valence-corrected chi connectivity index (χ3v) is 4.03. The summed E-state index contributed by atoms with van der Waals surface area (Å²) in [5.74, 6) is 1.07. The highest BCUT2D eigenvalue weighted by Crippen LogP contribution is 2.23. The Hall–Kier alpha value is -1.37. The van der Waals surface area contributed by atoms with E-state index in [0.29, 0.717) is 27.6 Å². The molecule has 118 valence electrons. The minimum absolute atomic E-state index is 0.0205. The number of hydrogen-bond acceptors (Lipinski definition) is 6. The van der Waals surface area contributed by atoms with Crippen molar-refractivity contribution >= 4 is 29.1 Å². The van der Waals surface area contributed by atoms with Gasteiger partial charge in [0.15, 0.2) is 5.78 Å². The molecule has 0 fully saturated rings. The van der Waals surface area contributed by atoms with Gasteiger partial charge >= 0.3 is 0 Å². The average molecular weight is 340 g/mol. The molecule has 1 aromatic carbocycles. The molecule has 7 heteroatoms. The summed E-state index contributed by atoms with van der Waals surface area (Å²) in [5.41, 5.74) is 6.59. The molecule has 2 rings (SSSR count). The minimum atomic E-state index is -0.270. The van der Waals surface area contributed by atoms with Crippen LogP contribution in [0.4, 0.5) is 0 Å². The van der Waals surface area contributed by atoms with Crippen molar-refractivity contribution in [1.82, 2.24) is 10.2 Å². The molecule has 0 radical (unpaired) electrons. The van der Waals surface area contributed by atoms with Gasteiger partial charge < -0.3 is 10.2 Å². The van der Waals surface area contributed by atoms with Crippen molar-refractivity contribution in [2.24, 2.45) is 11.7 Å². The van der Waals surface area contributed by atoms with Crippen LogP contribution in [0.25, 0.3) is 0 Å². The van der Waals surface area contributed by atoms with Crippen LogP contribution in [0.1, 0.15) is 42.6 Å². The summed E-state index contributed by atoms with van der Waals surface area (Å²) in [5, 5.41) is 8.82. The number of thioether (sulfide) groups is 1. The topological polar surface area (TPSA) is 82.0 Å². The van der Waals surface area contributed by atoms with E-state index in [1.54, 1.807) is 24.3 Å². The van der Waals surface area contributed by atoms with E-state index in [9.17, 15) is 4.79 Å². The molecule has 0 aliphatic carbocycles. The maximum absolute atomic E-state index is 12.0. The van der Waals surface area contributed by atoms with E-state index in [4.69, 9.17) is 21.8 Å². The van der Waals surface area contributed by atoms with Gasteiger partial charge in [0.05, 0.1) is 11.8 Å². The van der Waals surface area contributed by atoms with Gasteiger partial charge in [-0.05, 0) is 36.6 Å². The van der Waals surface area contributed by atoms with Gasteiger partial charge in [-0.25, -0.2) is 0 Å². The van der Waals surface area contributed by atoms with Gasteiger partial charge in [0.25, 0.3) is 5.22 Å².